The summed E-state index contributed by atoms with van der Waals surface area (Å²) in [6.45, 7) is 4.50. The molecule has 2 aliphatic heterocycles. The molecule has 0 aromatic heterocycles. The molecule has 0 saturated carbocycles. The fourth-order valence-electron chi connectivity index (χ4n) is 4.68. The van der Waals surface area contributed by atoms with Crippen LogP contribution in [0.2, 0.25) is 0 Å². The van der Waals surface area contributed by atoms with Gasteiger partial charge in [0.2, 0.25) is 0 Å². The Morgan fingerprint density at radius 1 is 0.829 bits per heavy atom. The molecule has 5 rings (SSSR count). The van der Waals surface area contributed by atoms with Crippen LogP contribution in [0.5, 0.6) is 0 Å². The first kappa shape index (κ1) is 23.4. The maximum absolute atomic E-state index is 13.3. The van der Waals surface area contributed by atoms with Gasteiger partial charge in [-0.25, -0.2) is 8.42 Å². The lowest BCUT2D eigenvalue weighted by molar-refractivity contribution is 0.102. The second-order valence-electron chi connectivity index (χ2n) is 9.13. The Kier molecular flexibility index (Phi) is 6.49. The van der Waals surface area contributed by atoms with Crippen molar-refractivity contribution in [2.75, 3.05) is 54.3 Å². The molecular formula is C27H30N4O3S. The fourth-order valence-corrected chi connectivity index (χ4v) is 6.22. The number of nitrogens with zero attached hydrogens (tertiary/aromatic N) is 3. The Balaban J connectivity index is 1.26. The molecule has 0 atom stereocenters. The number of piperazine rings is 1. The van der Waals surface area contributed by atoms with E-state index in [0.29, 0.717) is 17.8 Å². The summed E-state index contributed by atoms with van der Waals surface area (Å²) in [4.78, 5) is 17.6. The standard InChI is InChI=1S/C27H30N4O3S/c1-29-17-19-30(20-18-29)24-12-10-23(11-13-24)28-27(32)22-8-14-25(15-9-22)35(33,34)31-16-4-6-21-5-2-3-7-26(21)31/h2-3,5,7-15H,4,6,16-20H2,1H3,(H,28,32). The van der Waals surface area contributed by atoms with Crippen molar-refractivity contribution >= 4 is 33.0 Å². The van der Waals surface area contributed by atoms with E-state index in [1.54, 1.807) is 12.1 Å². The topological polar surface area (TPSA) is 73.0 Å². The van der Waals surface area contributed by atoms with Crippen LogP contribution in [-0.2, 0) is 16.4 Å². The summed E-state index contributed by atoms with van der Waals surface area (Å²) < 4.78 is 28.1. The third kappa shape index (κ3) is 4.90. The minimum absolute atomic E-state index is 0.183. The van der Waals surface area contributed by atoms with E-state index in [0.717, 1.165) is 56.0 Å². The molecule has 7 nitrogen and oxygen atoms in total. The molecule has 8 heteroatoms. The number of sulfonamides is 1. The molecule has 0 bridgehead atoms. The van der Waals surface area contributed by atoms with Crippen molar-refractivity contribution in [2.45, 2.75) is 17.7 Å². The smallest absolute Gasteiger partial charge is 0.264 e. The summed E-state index contributed by atoms with van der Waals surface area (Å²) in [6, 6.07) is 21.6. The number of anilines is 3. The first-order valence-corrected chi connectivity index (χ1v) is 13.4. The van der Waals surface area contributed by atoms with E-state index < -0.39 is 10.0 Å². The third-order valence-corrected chi connectivity index (χ3v) is 8.59. The number of nitrogens with one attached hydrogen (secondary N) is 1. The first-order valence-electron chi connectivity index (χ1n) is 12.0. The number of benzene rings is 3. The van der Waals surface area contributed by atoms with Gasteiger partial charge in [-0.1, -0.05) is 18.2 Å². The number of likely N-dealkylation sites (N-methyl/N-ethyl adjacent to an activating group) is 1. The molecular weight excluding hydrogens is 460 g/mol. The molecule has 1 saturated heterocycles. The molecule has 0 aliphatic carbocycles. The Bertz CT molecular complexity index is 1300. The van der Waals surface area contributed by atoms with Crippen molar-refractivity contribution in [1.29, 1.82) is 0 Å². The molecule has 35 heavy (non-hydrogen) atoms. The SMILES string of the molecule is CN1CCN(c2ccc(NC(=O)c3ccc(S(=O)(=O)N4CCCc5ccccc54)cc3)cc2)CC1. The van der Waals surface area contributed by atoms with E-state index in [9.17, 15) is 13.2 Å². The Morgan fingerprint density at radius 2 is 1.51 bits per heavy atom. The van der Waals surface area contributed by atoms with Crippen LogP contribution in [-0.4, -0.2) is 59.0 Å². The predicted molar refractivity (Wildman–Crippen MR) is 140 cm³/mol. The van der Waals surface area contributed by atoms with Crippen LogP contribution in [0, 0.1) is 0 Å². The van der Waals surface area contributed by atoms with E-state index in [2.05, 4.69) is 22.2 Å². The molecule has 1 fully saturated rings. The Hall–Kier alpha value is -3.36. The first-order chi connectivity index (χ1) is 16.9. The van der Waals surface area contributed by atoms with Crippen LogP contribution in [0.25, 0.3) is 0 Å². The highest BCUT2D eigenvalue weighted by molar-refractivity contribution is 7.92. The maximum atomic E-state index is 13.3. The predicted octanol–water partition coefficient (Wildman–Crippen LogP) is 3.83. The van der Waals surface area contributed by atoms with Crippen molar-refractivity contribution in [1.82, 2.24) is 4.90 Å². The molecule has 182 valence electrons. The van der Waals surface area contributed by atoms with Crippen LogP contribution in [0.1, 0.15) is 22.3 Å². The van der Waals surface area contributed by atoms with E-state index in [1.165, 1.54) is 16.4 Å². The summed E-state index contributed by atoms with van der Waals surface area (Å²) in [7, 11) is -1.57. The summed E-state index contributed by atoms with van der Waals surface area (Å²) in [6.07, 6.45) is 1.65. The molecule has 2 heterocycles. The van der Waals surface area contributed by atoms with E-state index >= 15 is 0 Å². The Morgan fingerprint density at radius 3 is 2.23 bits per heavy atom. The number of aryl methyl sites for hydroxylation is 1. The Labute approximate surface area is 207 Å². The highest BCUT2D eigenvalue weighted by Gasteiger charge is 2.29. The maximum Gasteiger partial charge on any atom is 0.264 e. The number of carbonyl (C=O) groups is 1. The van der Waals surface area contributed by atoms with Crippen molar-refractivity contribution in [3.8, 4) is 0 Å². The second kappa shape index (κ2) is 9.71. The van der Waals surface area contributed by atoms with Gasteiger partial charge in [-0.2, -0.15) is 0 Å². The van der Waals surface area contributed by atoms with E-state index in [4.69, 9.17) is 0 Å². The number of fused-ring (bicyclic) bond motifs is 1. The van der Waals surface area contributed by atoms with E-state index in [1.807, 2.05) is 48.5 Å². The van der Waals surface area contributed by atoms with Crippen molar-refractivity contribution < 1.29 is 13.2 Å². The molecule has 0 unspecified atom stereocenters. The van der Waals surface area contributed by atoms with Gasteiger partial charge in [-0.15, -0.1) is 0 Å². The van der Waals surface area contributed by atoms with Gasteiger partial charge >= 0.3 is 0 Å². The minimum Gasteiger partial charge on any atom is -0.369 e. The van der Waals surface area contributed by atoms with E-state index in [-0.39, 0.29) is 10.8 Å². The quantitative estimate of drug-likeness (QED) is 0.589. The molecule has 2 aliphatic rings. The monoisotopic (exact) mass is 490 g/mol. The minimum atomic E-state index is -3.70. The summed E-state index contributed by atoms with van der Waals surface area (Å²) in [5, 5.41) is 2.90. The van der Waals surface area contributed by atoms with Gasteiger partial charge < -0.3 is 15.1 Å². The highest BCUT2D eigenvalue weighted by atomic mass is 32.2. The van der Waals surface area contributed by atoms with Crippen molar-refractivity contribution in [3.05, 3.63) is 83.9 Å². The largest absolute Gasteiger partial charge is 0.369 e. The molecule has 0 radical (unpaired) electrons. The van der Waals surface area contributed by atoms with Gasteiger partial charge in [0.25, 0.3) is 15.9 Å². The zero-order chi connectivity index (χ0) is 24.4. The van der Waals surface area contributed by atoms with Crippen LogP contribution in [0.15, 0.2) is 77.7 Å². The molecule has 1 N–H and O–H groups in total. The van der Waals surface area contributed by atoms with Crippen LogP contribution in [0.3, 0.4) is 0 Å². The average molecular weight is 491 g/mol. The van der Waals surface area contributed by atoms with Gasteiger partial charge in [-0.3, -0.25) is 9.10 Å². The number of hydrogen-bond donors (Lipinski definition) is 1. The lowest BCUT2D eigenvalue weighted by atomic mass is 10.0. The number of hydrogen-bond acceptors (Lipinski definition) is 5. The van der Waals surface area contributed by atoms with Gasteiger partial charge in [0.05, 0.1) is 10.6 Å². The zero-order valence-corrected chi connectivity index (χ0v) is 20.7. The van der Waals surface area contributed by atoms with Crippen LogP contribution >= 0.6 is 0 Å². The molecule has 3 aromatic rings. The van der Waals surface area contributed by atoms with Gasteiger partial charge in [0, 0.05) is 49.7 Å². The third-order valence-electron chi connectivity index (χ3n) is 6.77. The lowest BCUT2D eigenvalue weighted by Gasteiger charge is -2.34. The van der Waals surface area contributed by atoms with Gasteiger partial charge in [0.1, 0.15) is 0 Å². The summed E-state index contributed by atoms with van der Waals surface area (Å²) in [5.74, 6) is -0.274. The normalized spacial score (nSPS) is 16.6. The molecule has 1 amide bonds. The fraction of sp³-hybridized carbons (Fsp3) is 0.296. The van der Waals surface area contributed by atoms with Crippen LogP contribution < -0.4 is 14.5 Å². The van der Waals surface area contributed by atoms with Crippen LogP contribution in [0.4, 0.5) is 17.1 Å². The number of carbonyl (C=O) groups excluding carboxylic acids is 1. The molecule has 3 aromatic carbocycles. The zero-order valence-electron chi connectivity index (χ0n) is 19.9. The number of amides is 1. The lowest BCUT2D eigenvalue weighted by Crippen LogP contribution is -2.44. The summed E-state index contributed by atoms with van der Waals surface area (Å²) in [5.41, 5.74) is 4.03. The van der Waals surface area contributed by atoms with Crippen molar-refractivity contribution in [2.24, 2.45) is 0 Å². The number of para-hydroxylation sites is 1. The highest BCUT2D eigenvalue weighted by Crippen LogP contribution is 2.32. The second-order valence-corrected chi connectivity index (χ2v) is 11.0. The van der Waals surface area contributed by atoms with Gasteiger partial charge in [0.15, 0.2) is 0 Å². The van der Waals surface area contributed by atoms with Gasteiger partial charge in [-0.05, 0) is 80.1 Å². The molecule has 0 spiro atoms. The average Bonchev–Trinajstić information content (AvgIpc) is 2.89. The summed E-state index contributed by atoms with van der Waals surface area (Å²) >= 11 is 0. The number of rotatable bonds is 5. The van der Waals surface area contributed by atoms with Crippen molar-refractivity contribution in [3.63, 3.8) is 0 Å².